The van der Waals surface area contributed by atoms with Gasteiger partial charge in [0, 0.05) is 19.3 Å². The Morgan fingerprint density at radius 2 is 0.647 bits per heavy atom. The molecule has 0 aliphatic carbocycles. The normalized spacial score (nSPS) is 11.9. The van der Waals surface area contributed by atoms with Crippen molar-refractivity contribution in [2.24, 2.45) is 5.92 Å². The summed E-state index contributed by atoms with van der Waals surface area (Å²) < 4.78 is 16.5. The van der Waals surface area contributed by atoms with Crippen LogP contribution in [0.4, 0.5) is 0 Å². The zero-order chi connectivity index (χ0) is 37.5. The molecule has 0 bridgehead atoms. The minimum atomic E-state index is -0.755. The van der Waals surface area contributed by atoms with E-state index in [-0.39, 0.29) is 31.1 Å². The van der Waals surface area contributed by atoms with Crippen LogP contribution in [-0.2, 0) is 28.6 Å². The van der Waals surface area contributed by atoms with Gasteiger partial charge in [-0.15, -0.1) is 0 Å². The maximum Gasteiger partial charge on any atom is 0.306 e. The molecule has 0 fully saturated rings. The third kappa shape index (κ3) is 39.5. The Hall–Kier alpha value is -1.59. The fraction of sp³-hybridized carbons (Fsp3) is 0.933. The van der Waals surface area contributed by atoms with Crippen LogP contribution in [0.5, 0.6) is 0 Å². The maximum atomic E-state index is 12.5. The zero-order valence-electron chi connectivity index (χ0n) is 34.6. The number of carbonyl (C=O) groups is 3. The molecule has 6 heteroatoms. The first-order valence-corrected chi connectivity index (χ1v) is 22.4. The number of rotatable bonds is 40. The molecule has 0 aromatic rings. The number of hydrogen-bond acceptors (Lipinski definition) is 6. The van der Waals surface area contributed by atoms with Crippen LogP contribution in [0.3, 0.4) is 0 Å². The molecule has 0 unspecified atom stereocenters. The van der Waals surface area contributed by atoms with E-state index in [4.69, 9.17) is 14.2 Å². The largest absolute Gasteiger partial charge is 0.462 e. The molecule has 51 heavy (non-hydrogen) atoms. The van der Waals surface area contributed by atoms with Crippen molar-refractivity contribution in [3.8, 4) is 0 Å². The van der Waals surface area contributed by atoms with E-state index in [0.29, 0.717) is 19.3 Å². The Morgan fingerprint density at radius 1 is 0.373 bits per heavy atom. The van der Waals surface area contributed by atoms with Crippen molar-refractivity contribution in [1.82, 2.24) is 0 Å². The zero-order valence-corrected chi connectivity index (χ0v) is 34.6. The number of esters is 3. The third-order valence-corrected chi connectivity index (χ3v) is 10.0. The van der Waals surface area contributed by atoms with Crippen molar-refractivity contribution in [2.45, 2.75) is 252 Å². The summed E-state index contributed by atoms with van der Waals surface area (Å²) in [5.41, 5.74) is 0. The van der Waals surface area contributed by atoms with Crippen LogP contribution >= 0.6 is 0 Å². The predicted octanol–water partition coefficient (Wildman–Crippen LogP) is 13.9. The molecule has 0 rings (SSSR count). The summed E-state index contributed by atoms with van der Waals surface area (Å²) in [4.78, 5) is 37.2. The van der Waals surface area contributed by atoms with E-state index in [1.54, 1.807) is 0 Å². The van der Waals surface area contributed by atoms with Gasteiger partial charge in [0.2, 0.25) is 0 Å². The fourth-order valence-corrected chi connectivity index (χ4v) is 6.63. The summed E-state index contributed by atoms with van der Waals surface area (Å²) >= 11 is 0. The summed E-state index contributed by atoms with van der Waals surface area (Å²) in [6, 6.07) is 0. The number of carbonyl (C=O) groups excluding carboxylic acids is 3. The fourth-order valence-electron chi connectivity index (χ4n) is 6.63. The first-order valence-electron chi connectivity index (χ1n) is 22.4. The molecule has 6 nitrogen and oxygen atoms in total. The van der Waals surface area contributed by atoms with Crippen LogP contribution in [0.1, 0.15) is 246 Å². The van der Waals surface area contributed by atoms with E-state index in [1.807, 2.05) is 0 Å². The SMILES string of the molecule is CCCCCCCCCC(=O)OC[C@@H](COC(=O)CCCCCCCCCCCCCCCCCCCCC(C)C)OC(=O)CCCCCCC. The first-order chi connectivity index (χ1) is 24.9. The molecule has 0 aliphatic heterocycles. The Balaban J connectivity index is 3.96. The van der Waals surface area contributed by atoms with Gasteiger partial charge in [-0.25, -0.2) is 0 Å². The smallest absolute Gasteiger partial charge is 0.306 e. The Morgan fingerprint density at radius 3 is 0.961 bits per heavy atom. The van der Waals surface area contributed by atoms with Gasteiger partial charge in [0.25, 0.3) is 0 Å². The molecule has 1 atom stereocenters. The van der Waals surface area contributed by atoms with Gasteiger partial charge in [-0.05, 0) is 25.2 Å². The molecule has 0 amide bonds. The molecule has 0 aromatic carbocycles. The number of ether oxygens (including phenoxy) is 3. The summed E-state index contributed by atoms with van der Waals surface area (Å²) in [7, 11) is 0. The van der Waals surface area contributed by atoms with Crippen LogP contribution in [0.15, 0.2) is 0 Å². The highest BCUT2D eigenvalue weighted by Gasteiger charge is 2.19. The standard InChI is InChI=1S/C45H86O6/c1-5-7-9-11-24-29-32-36-43(46)49-39-42(51-45(48)38-34-27-10-8-6-2)40-50-44(47)37-33-30-26-23-21-19-17-15-13-12-14-16-18-20-22-25-28-31-35-41(3)4/h41-42H,5-40H2,1-4H3/t42-/m0/s1. The molecular weight excluding hydrogens is 636 g/mol. The average molecular weight is 723 g/mol. The van der Waals surface area contributed by atoms with Gasteiger partial charge in [-0.1, -0.05) is 207 Å². The summed E-state index contributed by atoms with van der Waals surface area (Å²) in [5, 5.41) is 0. The van der Waals surface area contributed by atoms with Gasteiger partial charge >= 0.3 is 17.9 Å². The van der Waals surface area contributed by atoms with Crippen molar-refractivity contribution in [1.29, 1.82) is 0 Å². The molecule has 0 radical (unpaired) electrons. The molecule has 0 saturated heterocycles. The molecule has 0 N–H and O–H groups in total. The summed E-state index contributed by atoms with van der Waals surface area (Å²) in [5.74, 6) is -0.0186. The second-order valence-electron chi connectivity index (χ2n) is 15.8. The lowest BCUT2D eigenvalue weighted by molar-refractivity contribution is -0.167. The Labute approximate surface area is 317 Å². The molecule has 0 heterocycles. The van der Waals surface area contributed by atoms with Gasteiger partial charge in [0.1, 0.15) is 13.2 Å². The molecular formula is C45H86O6. The molecule has 302 valence electrons. The topological polar surface area (TPSA) is 78.9 Å². The average Bonchev–Trinajstić information content (AvgIpc) is 3.11. The van der Waals surface area contributed by atoms with Crippen molar-refractivity contribution >= 4 is 17.9 Å². The minimum Gasteiger partial charge on any atom is -0.462 e. The lowest BCUT2D eigenvalue weighted by atomic mass is 10.0. The number of hydrogen-bond donors (Lipinski definition) is 0. The number of unbranched alkanes of at least 4 members (excludes halogenated alkanes) is 27. The molecule has 0 saturated carbocycles. The molecule has 0 spiro atoms. The maximum absolute atomic E-state index is 12.5. The van der Waals surface area contributed by atoms with Crippen LogP contribution in [-0.4, -0.2) is 37.2 Å². The van der Waals surface area contributed by atoms with Gasteiger partial charge < -0.3 is 14.2 Å². The van der Waals surface area contributed by atoms with E-state index < -0.39 is 6.10 Å². The van der Waals surface area contributed by atoms with E-state index >= 15 is 0 Å². The van der Waals surface area contributed by atoms with Crippen LogP contribution in [0.2, 0.25) is 0 Å². The van der Waals surface area contributed by atoms with E-state index in [9.17, 15) is 14.4 Å². The van der Waals surface area contributed by atoms with Gasteiger partial charge in [-0.2, -0.15) is 0 Å². The van der Waals surface area contributed by atoms with Gasteiger partial charge in [0.05, 0.1) is 0 Å². The van der Waals surface area contributed by atoms with Crippen molar-refractivity contribution in [2.75, 3.05) is 13.2 Å². The van der Waals surface area contributed by atoms with Crippen LogP contribution in [0.25, 0.3) is 0 Å². The monoisotopic (exact) mass is 723 g/mol. The highest BCUT2D eigenvalue weighted by Crippen LogP contribution is 2.16. The second kappa shape index (κ2) is 39.6. The quantitative estimate of drug-likeness (QED) is 0.0356. The van der Waals surface area contributed by atoms with Crippen LogP contribution in [0, 0.1) is 5.92 Å². The van der Waals surface area contributed by atoms with Crippen molar-refractivity contribution in [3.63, 3.8) is 0 Å². The third-order valence-electron chi connectivity index (χ3n) is 10.0. The molecule has 0 aliphatic rings. The van der Waals surface area contributed by atoms with E-state index in [2.05, 4.69) is 27.7 Å². The van der Waals surface area contributed by atoms with Crippen LogP contribution < -0.4 is 0 Å². The summed E-state index contributed by atoms with van der Waals surface area (Å²) in [6.07, 6.45) is 38.6. The second-order valence-corrected chi connectivity index (χ2v) is 15.8. The lowest BCUT2D eigenvalue weighted by Gasteiger charge is -2.18. The van der Waals surface area contributed by atoms with E-state index in [1.165, 1.54) is 135 Å². The van der Waals surface area contributed by atoms with Gasteiger partial charge in [-0.3, -0.25) is 14.4 Å². The molecule has 0 aromatic heterocycles. The van der Waals surface area contributed by atoms with Gasteiger partial charge in [0.15, 0.2) is 6.10 Å². The first kappa shape index (κ1) is 49.4. The van der Waals surface area contributed by atoms with Crippen molar-refractivity contribution < 1.29 is 28.6 Å². The highest BCUT2D eigenvalue weighted by atomic mass is 16.6. The minimum absolute atomic E-state index is 0.0657. The lowest BCUT2D eigenvalue weighted by Crippen LogP contribution is -2.30. The predicted molar refractivity (Wildman–Crippen MR) is 215 cm³/mol. The summed E-state index contributed by atoms with van der Waals surface area (Å²) in [6.45, 7) is 8.89. The van der Waals surface area contributed by atoms with Crippen molar-refractivity contribution in [3.05, 3.63) is 0 Å². The van der Waals surface area contributed by atoms with E-state index in [0.717, 1.165) is 70.1 Å². The Bertz CT molecular complexity index is 766. The highest BCUT2D eigenvalue weighted by molar-refractivity contribution is 5.71. The Kier molecular flexibility index (Phi) is 38.4.